The van der Waals surface area contributed by atoms with E-state index in [1.165, 1.54) is 20.1 Å². The Bertz CT molecular complexity index is 1820. The zero-order chi connectivity index (χ0) is 33.0. The molecule has 2 heterocycles. The number of fused-ring (bicyclic) bond motifs is 4. The summed E-state index contributed by atoms with van der Waals surface area (Å²) in [6, 6.07) is 11.7. The summed E-state index contributed by atoms with van der Waals surface area (Å²) < 4.78 is 19.0. The molecule has 2 amide bonds. The number of nitrogens with zero attached hydrogens (tertiary/aromatic N) is 3. The van der Waals surface area contributed by atoms with Crippen molar-refractivity contribution in [3.63, 3.8) is 0 Å². The van der Waals surface area contributed by atoms with Crippen molar-refractivity contribution in [3.8, 4) is 28.4 Å². The van der Waals surface area contributed by atoms with Crippen LogP contribution in [0.25, 0.3) is 16.8 Å². The van der Waals surface area contributed by atoms with Crippen molar-refractivity contribution in [2.75, 3.05) is 33.2 Å². The number of hydrogen-bond acceptors (Lipinski definition) is 9. The Hall–Kier alpha value is -5.13. The zero-order valence-electron chi connectivity index (χ0n) is 27.0. The van der Waals surface area contributed by atoms with Crippen molar-refractivity contribution in [1.82, 2.24) is 25.2 Å². The number of hydrogen-bond donors (Lipinski definition) is 3. The lowest BCUT2D eigenvalue weighted by molar-refractivity contribution is -0.120. The summed E-state index contributed by atoms with van der Waals surface area (Å²) in [5.41, 5.74) is 3.62. The van der Waals surface area contributed by atoms with Crippen LogP contribution in [0.4, 0.5) is 5.69 Å². The number of aromatic nitrogens is 3. The molecule has 2 aromatic carbocycles. The molecular formula is C34H40N6O6. The van der Waals surface area contributed by atoms with Crippen molar-refractivity contribution in [2.45, 2.75) is 52.1 Å². The fraction of sp³-hybridized carbons (Fsp3) is 0.382. The highest BCUT2D eigenvalue weighted by atomic mass is 16.5. The molecule has 5 rings (SSSR count). The Labute approximate surface area is 267 Å². The van der Waals surface area contributed by atoms with Gasteiger partial charge in [0, 0.05) is 18.7 Å². The van der Waals surface area contributed by atoms with E-state index in [1.54, 1.807) is 20.3 Å². The maximum Gasteiger partial charge on any atom is 0.239 e. The number of ether oxygens (including phenoxy) is 3. The Morgan fingerprint density at radius 2 is 1.80 bits per heavy atom. The molecule has 0 saturated heterocycles. The summed E-state index contributed by atoms with van der Waals surface area (Å²) in [7, 11) is 4.65. The van der Waals surface area contributed by atoms with Crippen LogP contribution in [0, 0.1) is 5.92 Å². The summed E-state index contributed by atoms with van der Waals surface area (Å²) in [5, 5.41) is 17.7. The maximum absolute atomic E-state index is 13.6. The minimum atomic E-state index is -0.437. The van der Waals surface area contributed by atoms with Gasteiger partial charge in [-0.1, -0.05) is 26.0 Å². The van der Waals surface area contributed by atoms with Gasteiger partial charge in [-0.15, -0.1) is 10.2 Å². The predicted octanol–water partition coefficient (Wildman–Crippen LogP) is 4.22. The second-order valence-corrected chi connectivity index (χ2v) is 11.7. The van der Waals surface area contributed by atoms with E-state index in [0.29, 0.717) is 59.1 Å². The van der Waals surface area contributed by atoms with E-state index in [9.17, 15) is 14.4 Å². The second-order valence-electron chi connectivity index (χ2n) is 11.7. The maximum atomic E-state index is 13.6. The van der Waals surface area contributed by atoms with E-state index in [-0.39, 0.29) is 41.4 Å². The summed E-state index contributed by atoms with van der Waals surface area (Å²) in [5.74, 6) is 1.81. The molecule has 2 atom stereocenters. The molecule has 4 aromatic rings. The zero-order valence-corrected chi connectivity index (χ0v) is 27.0. The molecule has 1 aliphatic carbocycles. The number of carbonyl (C=O) groups is 2. The van der Waals surface area contributed by atoms with E-state index >= 15 is 0 Å². The van der Waals surface area contributed by atoms with Crippen LogP contribution in [0.5, 0.6) is 17.2 Å². The highest BCUT2D eigenvalue weighted by Crippen LogP contribution is 2.50. The number of pyridine rings is 1. The van der Waals surface area contributed by atoms with Crippen LogP contribution < -0.4 is 35.6 Å². The van der Waals surface area contributed by atoms with E-state index in [4.69, 9.17) is 14.2 Å². The molecular weight excluding hydrogens is 588 g/mol. The first-order valence-electron chi connectivity index (χ1n) is 15.3. The topological polar surface area (TPSA) is 145 Å². The smallest absolute Gasteiger partial charge is 0.239 e. The van der Waals surface area contributed by atoms with Crippen molar-refractivity contribution >= 4 is 23.1 Å². The normalized spacial score (nSPS) is 14.5. The second kappa shape index (κ2) is 13.9. The first-order valence-corrected chi connectivity index (χ1v) is 15.3. The van der Waals surface area contributed by atoms with Gasteiger partial charge in [-0.05, 0) is 72.2 Å². The molecule has 0 radical (unpaired) electrons. The molecule has 0 spiro atoms. The van der Waals surface area contributed by atoms with Crippen LogP contribution >= 0.6 is 0 Å². The van der Waals surface area contributed by atoms with Gasteiger partial charge in [-0.2, -0.15) is 0 Å². The third-order valence-electron chi connectivity index (χ3n) is 8.05. The lowest BCUT2D eigenvalue weighted by atomic mass is 9.95. The SMILES string of the molecule is COc1cc2c(c(OC)c1OC)-c1ccc(NCC(=O)NC(CC(C)C)c3nnc4ccccn34)c(=O)cc1C(NC(C)=O)CC2. The van der Waals surface area contributed by atoms with Gasteiger partial charge in [-0.3, -0.25) is 18.8 Å². The molecule has 12 heteroatoms. The van der Waals surface area contributed by atoms with E-state index in [0.717, 1.165) is 11.1 Å². The molecule has 0 bridgehead atoms. The number of anilines is 1. The lowest BCUT2D eigenvalue weighted by Crippen LogP contribution is -2.35. The summed E-state index contributed by atoms with van der Waals surface area (Å²) in [4.78, 5) is 39.1. The van der Waals surface area contributed by atoms with Gasteiger partial charge in [-0.25, -0.2) is 0 Å². The third kappa shape index (κ3) is 6.60. The van der Waals surface area contributed by atoms with Gasteiger partial charge in [0.15, 0.2) is 23.0 Å². The van der Waals surface area contributed by atoms with Crippen molar-refractivity contribution < 1.29 is 23.8 Å². The largest absolute Gasteiger partial charge is 0.493 e. The van der Waals surface area contributed by atoms with Crippen LogP contribution in [0.1, 0.15) is 62.6 Å². The van der Waals surface area contributed by atoms with E-state index in [2.05, 4.69) is 40.0 Å². The van der Waals surface area contributed by atoms with Gasteiger partial charge in [0.2, 0.25) is 23.0 Å². The van der Waals surface area contributed by atoms with Crippen LogP contribution in [0.2, 0.25) is 0 Å². The molecule has 242 valence electrons. The number of rotatable bonds is 11. The number of aryl methyl sites for hydroxylation is 1. The van der Waals surface area contributed by atoms with Gasteiger partial charge in [0.1, 0.15) is 0 Å². The van der Waals surface area contributed by atoms with Crippen molar-refractivity contribution in [3.05, 3.63) is 75.8 Å². The van der Waals surface area contributed by atoms with Crippen LogP contribution in [-0.4, -0.2) is 54.3 Å². The number of amides is 2. The summed E-state index contributed by atoms with van der Waals surface area (Å²) >= 11 is 0. The van der Waals surface area contributed by atoms with Crippen molar-refractivity contribution in [2.24, 2.45) is 5.92 Å². The highest BCUT2D eigenvalue weighted by Gasteiger charge is 2.29. The number of benzene rings is 1. The van der Waals surface area contributed by atoms with Crippen LogP contribution in [0.3, 0.4) is 0 Å². The highest BCUT2D eigenvalue weighted by molar-refractivity contribution is 5.84. The molecule has 2 unspecified atom stereocenters. The molecule has 0 aliphatic heterocycles. The Kier molecular flexibility index (Phi) is 9.74. The van der Waals surface area contributed by atoms with E-state index < -0.39 is 6.04 Å². The van der Waals surface area contributed by atoms with Crippen molar-refractivity contribution in [1.29, 1.82) is 0 Å². The van der Waals surface area contributed by atoms with Gasteiger partial charge in [0.05, 0.1) is 45.6 Å². The van der Waals surface area contributed by atoms with Gasteiger partial charge in [0.25, 0.3) is 0 Å². The molecule has 46 heavy (non-hydrogen) atoms. The fourth-order valence-electron chi connectivity index (χ4n) is 6.07. The number of carbonyl (C=O) groups excluding carboxylic acids is 2. The third-order valence-corrected chi connectivity index (χ3v) is 8.05. The molecule has 0 fully saturated rings. The first kappa shape index (κ1) is 32.3. The van der Waals surface area contributed by atoms with Crippen LogP contribution in [0.15, 0.2) is 53.5 Å². The number of nitrogens with one attached hydrogen (secondary N) is 3. The molecule has 0 saturated carbocycles. The predicted molar refractivity (Wildman–Crippen MR) is 174 cm³/mol. The monoisotopic (exact) mass is 628 g/mol. The molecule has 2 aromatic heterocycles. The standard InChI is InChI=1S/C34H40N6O6/c1-19(2)15-26(34-39-38-29-9-7-8-14-40(29)34)37-30(43)18-35-25-13-11-22-23(17-27(25)42)24(36-20(3)41)12-10-21-16-28(44-4)32(45-5)33(46-6)31(21)22/h7-9,11,13-14,16-17,19,24,26H,10,12,15,18H2,1-6H3,(H,35,42)(H,36,41)(H,37,43). The Morgan fingerprint density at radius 1 is 1.02 bits per heavy atom. The van der Waals surface area contributed by atoms with E-state index in [1.807, 2.05) is 40.9 Å². The minimum Gasteiger partial charge on any atom is -0.493 e. The average Bonchev–Trinajstić information content (AvgIpc) is 3.32. The quantitative estimate of drug-likeness (QED) is 0.222. The van der Waals surface area contributed by atoms with Gasteiger partial charge >= 0.3 is 0 Å². The summed E-state index contributed by atoms with van der Waals surface area (Å²) in [6.45, 7) is 5.46. The summed E-state index contributed by atoms with van der Waals surface area (Å²) in [6.07, 6.45) is 3.66. The number of methoxy groups -OCH3 is 3. The molecule has 12 nitrogen and oxygen atoms in total. The van der Waals surface area contributed by atoms with Crippen LogP contribution in [-0.2, 0) is 16.0 Å². The first-order chi connectivity index (χ1) is 22.1. The Balaban J connectivity index is 1.48. The average molecular weight is 629 g/mol. The van der Waals surface area contributed by atoms with Gasteiger partial charge < -0.3 is 30.2 Å². The lowest BCUT2D eigenvalue weighted by Gasteiger charge is -2.19. The fourth-order valence-corrected chi connectivity index (χ4v) is 6.07. The minimum absolute atomic E-state index is 0.144. The molecule has 3 N–H and O–H groups in total. The molecule has 1 aliphatic rings. The Morgan fingerprint density at radius 3 is 2.50 bits per heavy atom.